The van der Waals surface area contributed by atoms with Crippen molar-refractivity contribution in [1.82, 2.24) is 10.3 Å². The SMILES string of the molecule is CNC(=O)c1ccc(/C=C/C(=O)OCc2nc3ccccc3s2)cc1. The molecule has 0 saturated carbocycles. The third-order valence-electron chi connectivity index (χ3n) is 3.49. The molecule has 6 heteroatoms. The average molecular weight is 352 g/mol. The molecule has 0 aliphatic carbocycles. The molecule has 0 fully saturated rings. The normalized spacial score (nSPS) is 10.9. The van der Waals surface area contributed by atoms with Crippen LogP contribution in [0.3, 0.4) is 0 Å². The third kappa shape index (κ3) is 4.30. The standard InChI is InChI=1S/C19H16N2O3S/c1-20-19(23)14-9-6-13(7-10-14)8-11-18(22)24-12-17-21-15-4-2-3-5-16(15)25-17/h2-11H,12H2,1H3,(H,20,23)/b11-8+. The van der Waals surface area contributed by atoms with Crippen LogP contribution in [-0.4, -0.2) is 23.9 Å². The molecule has 0 saturated heterocycles. The highest BCUT2D eigenvalue weighted by atomic mass is 32.1. The van der Waals surface area contributed by atoms with Crippen LogP contribution in [0.2, 0.25) is 0 Å². The molecule has 5 nitrogen and oxygen atoms in total. The van der Waals surface area contributed by atoms with Crippen LogP contribution in [-0.2, 0) is 16.1 Å². The number of hydrogen-bond donors (Lipinski definition) is 1. The van der Waals surface area contributed by atoms with Crippen molar-refractivity contribution in [2.24, 2.45) is 0 Å². The van der Waals surface area contributed by atoms with E-state index < -0.39 is 5.97 Å². The second-order valence-corrected chi connectivity index (χ2v) is 6.33. The molecule has 0 bridgehead atoms. The molecule has 1 heterocycles. The molecule has 0 radical (unpaired) electrons. The maximum absolute atomic E-state index is 11.8. The summed E-state index contributed by atoms with van der Waals surface area (Å²) in [4.78, 5) is 27.7. The highest BCUT2D eigenvalue weighted by Crippen LogP contribution is 2.22. The molecule has 3 aromatic rings. The Kier molecular flexibility index (Phi) is 5.20. The number of para-hydroxylation sites is 1. The highest BCUT2D eigenvalue weighted by Gasteiger charge is 2.06. The minimum atomic E-state index is -0.436. The van der Waals surface area contributed by atoms with Gasteiger partial charge in [0, 0.05) is 18.7 Å². The molecule has 0 spiro atoms. The van der Waals surface area contributed by atoms with Crippen LogP contribution in [0.4, 0.5) is 0 Å². The number of esters is 1. The number of benzene rings is 2. The summed E-state index contributed by atoms with van der Waals surface area (Å²) in [5.41, 5.74) is 2.29. The monoisotopic (exact) mass is 352 g/mol. The van der Waals surface area contributed by atoms with Gasteiger partial charge in [-0.05, 0) is 35.9 Å². The molecule has 1 aromatic heterocycles. The van der Waals surface area contributed by atoms with E-state index >= 15 is 0 Å². The highest BCUT2D eigenvalue weighted by molar-refractivity contribution is 7.18. The van der Waals surface area contributed by atoms with Gasteiger partial charge in [0.15, 0.2) is 0 Å². The van der Waals surface area contributed by atoms with Gasteiger partial charge in [0.05, 0.1) is 10.2 Å². The smallest absolute Gasteiger partial charge is 0.331 e. The summed E-state index contributed by atoms with van der Waals surface area (Å²) >= 11 is 1.51. The largest absolute Gasteiger partial charge is 0.455 e. The van der Waals surface area contributed by atoms with Gasteiger partial charge < -0.3 is 10.1 Å². The molecule has 0 aliphatic heterocycles. The Labute approximate surface area is 149 Å². The van der Waals surface area contributed by atoms with Gasteiger partial charge in [-0.3, -0.25) is 4.79 Å². The fourth-order valence-electron chi connectivity index (χ4n) is 2.22. The van der Waals surface area contributed by atoms with E-state index in [1.165, 1.54) is 17.4 Å². The Hall–Kier alpha value is -2.99. The Bertz CT molecular complexity index is 896. The Morgan fingerprint density at radius 2 is 1.92 bits per heavy atom. The molecule has 25 heavy (non-hydrogen) atoms. The Morgan fingerprint density at radius 1 is 1.16 bits per heavy atom. The van der Waals surface area contributed by atoms with Crippen LogP contribution in [0, 0.1) is 0 Å². The average Bonchev–Trinajstić information content (AvgIpc) is 3.07. The van der Waals surface area contributed by atoms with Crippen LogP contribution < -0.4 is 5.32 Å². The molecule has 0 atom stereocenters. The summed E-state index contributed by atoms with van der Waals surface area (Å²) < 4.78 is 6.29. The van der Waals surface area contributed by atoms with E-state index in [2.05, 4.69) is 10.3 Å². The fraction of sp³-hybridized carbons (Fsp3) is 0.105. The van der Waals surface area contributed by atoms with Crippen LogP contribution >= 0.6 is 11.3 Å². The number of carbonyl (C=O) groups is 2. The summed E-state index contributed by atoms with van der Waals surface area (Å²) in [5, 5.41) is 3.32. The number of fused-ring (bicyclic) bond motifs is 1. The van der Waals surface area contributed by atoms with E-state index in [0.717, 1.165) is 20.8 Å². The van der Waals surface area contributed by atoms with Crippen molar-refractivity contribution in [3.05, 3.63) is 70.7 Å². The first kappa shape index (κ1) is 16.9. The maximum atomic E-state index is 11.8. The second-order valence-electron chi connectivity index (χ2n) is 5.22. The number of hydrogen-bond acceptors (Lipinski definition) is 5. The second kappa shape index (κ2) is 7.72. The fourth-order valence-corrected chi connectivity index (χ4v) is 3.10. The zero-order chi connectivity index (χ0) is 17.6. The van der Waals surface area contributed by atoms with Crippen molar-refractivity contribution in [3.8, 4) is 0 Å². The first-order valence-electron chi connectivity index (χ1n) is 7.67. The van der Waals surface area contributed by atoms with E-state index in [4.69, 9.17) is 4.74 Å². The molecule has 1 amide bonds. The lowest BCUT2D eigenvalue weighted by Crippen LogP contribution is -2.17. The number of ether oxygens (including phenoxy) is 1. The topological polar surface area (TPSA) is 68.3 Å². The number of thiazole rings is 1. The van der Waals surface area contributed by atoms with Gasteiger partial charge in [0.25, 0.3) is 5.91 Å². The van der Waals surface area contributed by atoms with Gasteiger partial charge in [-0.15, -0.1) is 11.3 Å². The van der Waals surface area contributed by atoms with Gasteiger partial charge >= 0.3 is 5.97 Å². The van der Waals surface area contributed by atoms with Gasteiger partial charge in [0.2, 0.25) is 0 Å². The summed E-state index contributed by atoms with van der Waals surface area (Å²) in [6, 6.07) is 14.7. The lowest BCUT2D eigenvalue weighted by atomic mass is 10.1. The van der Waals surface area contributed by atoms with Crippen molar-refractivity contribution >= 4 is 39.5 Å². The van der Waals surface area contributed by atoms with E-state index in [0.29, 0.717) is 5.56 Å². The van der Waals surface area contributed by atoms with Crippen LogP contribution in [0.25, 0.3) is 16.3 Å². The van der Waals surface area contributed by atoms with E-state index in [1.807, 2.05) is 24.3 Å². The summed E-state index contributed by atoms with van der Waals surface area (Å²) in [7, 11) is 1.58. The Morgan fingerprint density at radius 3 is 2.64 bits per heavy atom. The molecule has 2 aromatic carbocycles. The number of carbonyl (C=O) groups excluding carboxylic acids is 2. The lowest BCUT2D eigenvalue weighted by Gasteiger charge is -2.00. The quantitative estimate of drug-likeness (QED) is 0.564. The minimum absolute atomic E-state index is 0.147. The van der Waals surface area contributed by atoms with Gasteiger partial charge in [-0.1, -0.05) is 24.3 Å². The molecular formula is C19H16N2O3S. The molecule has 126 valence electrons. The van der Waals surface area contributed by atoms with Crippen LogP contribution in [0.5, 0.6) is 0 Å². The van der Waals surface area contributed by atoms with Crippen molar-refractivity contribution in [3.63, 3.8) is 0 Å². The van der Waals surface area contributed by atoms with Crippen molar-refractivity contribution in [1.29, 1.82) is 0 Å². The first-order chi connectivity index (χ1) is 12.2. The Balaban J connectivity index is 1.56. The summed E-state index contributed by atoms with van der Waals surface area (Å²) in [6.07, 6.45) is 3.01. The van der Waals surface area contributed by atoms with Gasteiger partial charge in [-0.2, -0.15) is 0 Å². The zero-order valence-corrected chi connectivity index (χ0v) is 14.4. The third-order valence-corrected chi connectivity index (χ3v) is 4.50. The maximum Gasteiger partial charge on any atom is 0.331 e. The van der Waals surface area contributed by atoms with Gasteiger partial charge in [-0.25, -0.2) is 9.78 Å². The van der Waals surface area contributed by atoms with Crippen molar-refractivity contribution in [2.45, 2.75) is 6.61 Å². The summed E-state index contributed by atoms with van der Waals surface area (Å²) in [5.74, 6) is -0.583. The minimum Gasteiger partial charge on any atom is -0.455 e. The molecule has 0 aliphatic rings. The number of amides is 1. The van der Waals surface area contributed by atoms with Crippen LogP contribution in [0.1, 0.15) is 20.9 Å². The lowest BCUT2D eigenvalue weighted by molar-refractivity contribution is -0.138. The predicted octanol–water partition coefficient (Wildman–Crippen LogP) is 3.41. The number of aromatic nitrogens is 1. The van der Waals surface area contributed by atoms with Crippen molar-refractivity contribution < 1.29 is 14.3 Å². The number of rotatable bonds is 5. The molecule has 1 N–H and O–H groups in total. The molecule has 0 unspecified atom stereocenters. The predicted molar refractivity (Wildman–Crippen MR) is 98.3 cm³/mol. The zero-order valence-electron chi connectivity index (χ0n) is 13.6. The number of nitrogens with one attached hydrogen (secondary N) is 1. The van der Waals surface area contributed by atoms with Crippen LogP contribution in [0.15, 0.2) is 54.6 Å². The van der Waals surface area contributed by atoms with Gasteiger partial charge in [0.1, 0.15) is 11.6 Å². The molecule has 3 rings (SSSR count). The van der Waals surface area contributed by atoms with Crippen molar-refractivity contribution in [2.75, 3.05) is 7.05 Å². The van der Waals surface area contributed by atoms with E-state index in [9.17, 15) is 9.59 Å². The van der Waals surface area contributed by atoms with E-state index in [-0.39, 0.29) is 12.5 Å². The molecular weight excluding hydrogens is 336 g/mol. The first-order valence-corrected chi connectivity index (χ1v) is 8.49. The van der Waals surface area contributed by atoms with E-state index in [1.54, 1.807) is 37.4 Å². The number of nitrogens with zero attached hydrogens (tertiary/aromatic N) is 1. The summed E-state index contributed by atoms with van der Waals surface area (Å²) in [6.45, 7) is 0.151.